The van der Waals surface area contributed by atoms with Crippen molar-refractivity contribution in [2.75, 3.05) is 0 Å². The molecule has 0 amide bonds. The van der Waals surface area contributed by atoms with Gasteiger partial charge < -0.3 is 5.11 Å². The van der Waals surface area contributed by atoms with Gasteiger partial charge in [-0.05, 0) is 30.3 Å². The third-order valence-corrected chi connectivity index (χ3v) is 3.41. The number of imidazole rings is 1. The molecule has 0 atom stereocenters. The lowest BCUT2D eigenvalue weighted by atomic mass is 10.2. The maximum absolute atomic E-state index is 9.40. The first-order chi connectivity index (χ1) is 9.83. The van der Waals surface area contributed by atoms with Crippen LogP contribution >= 0.6 is 0 Å². The molecular weight excluding hydrogens is 250 g/mol. The van der Waals surface area contributed by atoms with Crippen molar-refractivity contribution in [2.24, 2.45) is 0 Å². The van der Waals surface area contributed by atoms with Gasteiger partial charge in [0.1, 0.15) is 17.6 Å². The SMILES string of the molecule is Oc1ccc(-n2cnc3cnc4ccccc4c32)cc1. The number of nitrogens with zero attached hydrogens (tertiary/aromatic N) is 3. The fourth-order valence-corrected chi connectivity index (χ4v) is 2.45. The summed E-state index contributed by atoms with van der Waals surface area (Å²) in [5.41, 5.74) is 3.79. The maximum atomic E-state index is 9.40. The summed E-state index contributed by atoms with van der Waals surface area (Å²) in [7, 11) is 0. The average molecular weight is 261 g/mol. The van der Waals surface area contributed by atoms with Crippen molar-refractivity contribution in [3.05, 3.63) is 61.1 Å². The Labute approximate surface area is 115 Å². The molecule has 2 aromatic heterocycles. The number of para-hydroxylation sites is 1. The lowest BCUT2D eigenvalue weighted by Crippen LogP contribution is -1.92. The lowest BCUT2D eigenvalue weighted by Gasteiger charge is -2.06. The minimum Gasteiger partial charge on any atom is -0.508 e. The van der Waals surface area contributed by atoms with Crippen LogP contribution in [0.1, 0.15) is 0 Å². The standard InChI is InChI=1S/C16H11N3O/c20-12-7-5-11(6-8-12)19-10-18-15-9-17-14-4-2-1-3-13(14)16(15)19/h1-10,20H. The molecule has 0 saturated carbocycles. The third-order valence-electron chi connectivity index (χ3n) is 3.41. The Balaban J connectivity index is 2.09. The van der Waals surface area contributed by atoms with Gasteiger partial charge in [0, 0.05) is 11.1 Å². The Morgan fingerprint density at radius 2 is 1.65 bits per heavy atom. The highest BCUT2D eigenvalue weighted by molar-refractivity contribution is 6.02. The Morgan fingerprint density at radius 1 is 0.850 bits per heavy atom. The summed E-state index contributed by atoms with van der Waals surface area (Å²) in [6.45, 7) is 0. The summed E-state index contributed by atoms with van der Waals surface area (Å²) in [4.78, 5) is 8.82. The zero-order valence-electron chi connectivity index (χ0n) is 10.6. The molecule has 0 bridgehead atoms. The first-order valence-electron chi connectivity index (χ1n) is 6.33. The highest BCUT2D eigenvalue weighted by Crippen LogP contribution is 2.25. The number of fused-ring (bicyclic) bond motifs is 3. The third kappa shape index (κ3) is 1.55. The normalized spacial score (nSPS) is 11.2. The van der Waals surface area contributed by atoms with Crippen LogP contribution in [0.5, 0.6) is 5.75 Å². The van der Waals surface area contributed by atoms with E-state index in [0.717, 1.165) is 27.6 Å². The van der Waals surface area contributed by atoms with E-state index in [1.807, 2.05) is 41.0 Å². The van der Waals surface area contributed by atoms with Crippen molar-refractivity contribution in [1.82, 2.24) is 14.5 Å². The Hall–Kier alpha value is -2.88. The zero-order chi connectivity index (χ0) is 13.5. The van der Waals surface area contributed by atoms with Crippen LogP contribution in [0.3, 0.4) is 0 Å². The number of benzene rings is 2. The van der Waals surface area contributed by atoms with Gasteiger partial charge in [0.2, 0.25) is 0 Å². The summed E-state index contributed by atoms with van der Waals surface area (Å²) < 4.78 is 2.01. The van der Waals surface area contributed by atoms with E-state index in [0.29, 0.717) is 0 Å². The molecule has 4 heteroatoms. The molecular formula is C16H11N3O. The number of aromatic hydroxyl groups is 1. The second-order valence-corrected chi connectivity index (χ2v) is 4.64. The molecule has 2 heterocycles. The van der Waals surface area contributed by atoms with Crippen LogP contribution in [0.4, 0.5) is 0 Å². The second kappa shape index (κ2) is 4.06. The zero-order valence-corrected chi connectivity index (χ0v) is 10.6. The van der Waals surface area contributed by atoms with Crippen molar-refractivity contribution in [3.8, 4) is 11.4 Å². The monoisotopic (exact) mass is 261 g/mol. The molecule has 4 aromatic rings. The Bertz CT molecular complexity index is 910. The van der Waals surface area contributed by atoms with Crippen molar-refractivity contribution >= 4 is 21.9 Å². The van der Waals surface area contributed by atoms with E-state index in [-0.39, 0.29) is 5.75 Å². The van der Waals surface area contributed by atoms with Crippen LogP contribution in [0.15, 0.2) is 61.1 Å². The minimum absolute atomic E-state index is 0.254. The summed E-state index contributed by atoms with van der Waals surface area (Å²) >= 11 is 0. The molecule has 96 valence electrons. The summed E-state index contributed by atoms with van der Waals surface area (Å²) in [5, 5.41) is 10.5. The van der Waals surface area contributed by atoms with Crippen LogP contribution in [0.25, 0.3) is 27.6 Å². The predicted molar refractivity (Wildman–Crippen MR) is 78.0 cm³/mol. The molecule has 4 nitrogen and oxygen atoms in total. The van der Waals surface area contributed by atoms with E-state index in [9.17, 15) is 5.11 Å². The van der Waals surface area contributed by atoms with E-state index in [2.05, 4.69) is 9.97 Å². The summed E-state index contributed by atoms with van der Waals surface area (Å²) in [5.74, 6) is 0.254. The molecule has 0 saturated heterocycles. The Kier molecular flexibility index (Phi) is 2.23. The van der Waals surface area contributed by atoms with Crippen molar-refractivity contribution in [3.63, 3.8) is 0 Å². The highest BCUT2D eigenvalue weighted by atomic mass is 16.3. The number of hydrogen-bond donors (Lipinski definition) is 1. The fraction of sp³-hybridized carbons (Fsp3) is 0. The molecule has 0 aliphatic heterocycles. The summed E-state index contributed by atoms with van der Waals surface area (Å²) in [6.07, 6.45) is 3.57. The molecule has 2 aromatic carbocycles. The molecule has 0 aliphatic rings. The van der Waals surface area contributed by atoms with Gasteiger partial charge in [-0.2, -0.15) is 0 Å². The molecule has 4 rings (SSSR count). The van der Waals surface area contributed by atoms with Gasteiger partial charge in [0.25, 0.3) is 0 Å². The van der Waals surface area contributed by atoms with E-state index in [4.69, 9.17) is 0 Å². The average Bonchev–Trinajstić information content (AvgIpc) is 2.92. The number of rotatable bonds is 1. The van der Waals surface area contributed by atoms with E-state index >= 15 is 0 Å². The largest absolute Gasteiger partial charge is 0.508 e. The van der Waals surface area contributed by atoms with Crippen molar-refractivity contribution < 1.29 is 5.11 Å². The molecule has 0 radical (unpaired) electrons. The Morgan fingerprint density at radius 3 is 2.50 bits per heavy atom. The molecule has 0 aliphatic carbocycles. The van der Waals surface area contributed by atoms with Gasteiger partial charge in [-0.15, -0.1) is 0 Å². The van der Waals surface area contributed by atoms with E-state index in [1.165, 1.54) is 0 Å². The fourth-order valence-electron chi connectivity index (χ4n) is 2.45. The van der Waals surface area contributed by atoms with Crippen LogP contribution in [0, 0.1) is 0 Å². The van der Waals surface area contributed by atoms with E-state index in [1.54, 1.807) is 24.7 Å². The quantitative estimate of drug-likeness (QED) is 0.572. The second-order valence-electron chi connectivity index (χ2n) is 4.64. The van der Waals surface area contributed by atoms with Gasteiger partial charge in [-0.3, -0.25) is 9.55 Å². The molecule has 0 fully saturated rings. The lowest BCUT2D eigenvalue weighted by molar-refractivity contribution is 0.475. The number of pyridine rings is 1. The smallest absolute Gasteiger partial charge is 0.115 e. The van der Waals surface area contributed by atoms with Gasteiger partial charge in [0.05, 0.1) is 17.2 Å². The maximum Gasteiger partial charge on any atom is 0.115 e. The number of phenols is 1. The van der Waals surface area contributed by atoms with Crippen LogP contribution in [0.2, 0.25) is 0 Å². The summed E-state index contributed by atoms with van der Waals surface area (Å²) in [6, 6.07) is 15.1. The van der Waals surface area contributed by atoms with E-state index < -0.39 is 0 Å². The van der Waals surface area contributed by atoms with Gasteiger partial charge in [-0.25, -0.2) is 4.98 Å². The molecule has 20 heavy (non-hydrogen) atoms. The van der Waals surface area contributed by atoms with Crippen molar-refractivity contribution in [1.29, 1.82) is 0 Å². The molecule has 1 N–H and O–H groups in total. The van der Waals surface area contributed by atoms with Crippen LogP contribution in [-0.4, -0.2) is 19.6 Å². The number of aromatic nitrogens is 3. The van der Waals surface area contributed by atoms with Gasteiger partial charge >= 0.3 is 0 Å². The van der Waals surface area contributed by atoms with Crippen LogP contribution < -0.4 is 0 Å². The molecule has 0 unspecified atom stereocenters. The van der Waals surface area contributed by atoms with Crippen molar-refractivity contribution in [2.45, 2.75) is 0 Å². The first-order valence-corrected chi connectivity index (χ1v) is 6.33. The first kappa shape index (κ1) is 11.0. The number of phenolic OH excluding ortho intramolecular Hbond substituents is 1. The van der Waals surface area contributed by atoms with Gasteiger partial charge in [0.15, 0.2) is 0 Å². The predicted octanol–water partition coefficient (Wildman–Crippen LogP) is 3.28. The number of hydrogen-bond acceptors (Lipinski definition) is 3. The topological polar surface area (TPSA) is 50.9 Å². The highest BCUT2D eigenvalue weighted by Gasteiger charge is 2.09. The minimum atomic E-state index is 0.254. The molecule has 0 spiro atoms. The van der Waals surface area contributed by atoms with Crippen LogP contribution in [-0.2, 0) is 0 Å². The van der Waals surface area contributed by atoms with Gasteiger partial charge in [-0.1, -0.05) is 18.2 Å².